The maximum Gasteiger partial charge on any atom is 0.196 e. The molecule has 7 heteroatoms. The second-order valence-corrected chi connectivity index (χ2v) is 6.97. The van der Waals surface area contributed by atoms with Crippen molar-refractivity contribution < 1.29 is 4.79 Å². The zero-order valence-corrected chi connectivity index (χ0v) is 15.9. The van der Waals surface area contributed by atoms with Crippen LogP contribution in [0.5, 0.6) is 0 Å². The zero-order valence-electron chi connectivity index (χ0n) is 11.3. The Labute approximate surface area is 158 Å². The van der Waals surface area contributed by atoms with E-state index in [0.29, 0.717) is 21.2 Å². The molecule has 0 atom stereocenters. The van der Waals surface area contributed by atoms with Gasteiger partial charge in [0.05, 0.1) is 30.1 Å². The Kier molecular flexibility index (Phi) is 5.59. The van der Waals surface area contributed by atoms with Gasteiger partial charge in [-0.2, -0.15) is 0 Å². The Hall–Kier alpha value is -0.150. The van der Waals surface area contributed by atoms with E-state index in [2.05, 4.69) is 0 Å². The van der Waals surface area contributed by atoms with Gasteiger partial charge in [-0.3, -0.25) is 4.79 Å². The van der Waals surface area contributed by atoms with Crippen LogP contribution in [0, 0.1) is 13.8 Å². The molecule has 2 aromatic rings. The Bertz CT molecular complexity index is 732. The molecule has 0 heterocycles. The van der Waals surface area contributed by atoms with Crippen molar-refractivity contribution in [2.24, 2.45) is 0 Å². The molecule has 0 unspecified atom stereocenters. The van der Waals surface area contributed by atoms with Gasteiger partial charge in [0.15, 0.2) is 5.78 Å². The summed E-state index contributed by atoms with van der Waals surface area (Å²) in [5, 5.41) is 1.53. The van der Waals surface area contributed by atoms with Crippen LogP contribution in [0.15, 0.2) is 12.1 Å². The third-order valence-electron chi connectivity index (χ3n) is 3.24. The molecule has 0 radical (unpaired) electrons. The molecule has 0 amide bonds. The van der Waals surface area contributed by atoms with Crippen molar-refractivity contribution in [2.45, 2.75) is 13.8 Å². The standard InChI is InChI=1S/C15H8Cl6O/c1-5-11(18)7(3-9(16)13(5)20)15(22)8-4-10(17)14(21)6(2)12(8)19/h3-4H,1-2H3. The molecule has 0 saturated carbocycles. The van der Waals surface area contributed by atoms with Crippen molar-refractivity contribution in [3.8, 4) is 0 Å². The second kappa shape index (κ2) is 6.76. The van der Waals surface area contributed by atoms with Crippen molar-refractivity contribution in [3.05, 3.63) is 64.5 Å². The first kappa shape index (κ1) is 18.2. The molecule has 2 aromatic carbocycles. The number of rotatable bonds is 2. The monoisotopic (exact) mass is 414 g/mol. The van der Waals surface area contributed by atoms with Crippen LogP contribution in [-0.4, -0.2) is 5.78 Å². The Morgan fingerprint density at radius 2 is 1.00 bits per heavy atom. The number of carbonyl (C=O) groups excluding carboxylic acids is 1. The van der Waals surface area contributed by atoms with Crippen LogP contribution >= 0.6 is 69.6 Å². The smallest absolute Gasteiger partial charge is 0.196 e. The summed E-state index contributed by atoms with van der Waals surface area (Å²) in [5.74, 6) is -0.404. The fourth-order valence-electron chi connectivity index (χ4n) is 1.94. The second-order valence-electron chi connectivity index (χ2n) is 4.65. The van der Waals surface area contributed by atoms with Crippen LogP contribution in [0.25, 0.3) is 0 Å². The molecule has 116 valence electrons. The van der Waals surface area contributed by atoms with E-state index >= 15 is 0 Å². The molecule has 0 aromatic heterocycles. The Morgan fingerprint density at radius 1 is 0.682 bits per heavy atom. The van der Waals surface area contributed by atoms with Gasteiger partial charge in [-0.15, -0.1) is 0 Å². The first-order valence-corrected chi connectivity index (χ1v) is 8.26. The molecular formula is C15H8Cl6O. The summed E-state index contributed by atoms with van der Waals surface area (Å²) >= 11 is 36.5. The van der Waals surface area contributed by atoms with Crippen LogP contribution < -0.4 is 0 Å². The highest BCUT2D eigenvalue weighted by Gasteiger charge is 2.22. The van der Waals surface area contributed by atoms with E-state index < -0.39 is 5.78 Å². The molecule has 0 N–H and O–H groups in total. The van der Waals surface area contributed by atoms with Gasteiger partial charge in [0.25, 0.3) is 0 Å². The lowest BCUT2D eigenvalue weighted by Crippen LogP contribution is -2.06. The van der Waals surface area contributed by atoms with Crippen LogP contribution in [-0.2, 0) is 0 Å². The number of ketones is 1. The topological polar surface area (TPSA) is 17.1 Å². The van der Waals surface area contributed by atoms with Crippen LogP contribution in [0.3, 0.4) is 0 Å². The van der Waals surface area contributed by atoms with Crippen molar-refractivity contribution in [1.82, 2.24) is 0 Å². The Morgan fingerprint density at radius 3 is 1.32 bits per heavy atom. The summed E-state index contributed by atoms with van der Waals surface area (Å²) in [5.41, 5.74) is 1.45. The summed E-state index contributed by atoms with van der Waals surface area (Å²) in [6, 6.07) is 2.82. The Balaban J connectivity index is 2.69. The van der Waals surface area contributed by atoms with E-state index in [1.807, 2.05) is 0 Å². The number of hydrogen-bond acceptors (Lipinski definition) is 1. The van der Waals surface area contributed by atoms with E-state index in [0.717, 1.165) is 0 Å². The first-order valence-electron chi connectivity index (χ1n) is 5.99. The SMILES string of the molecule is Cc1c(Cl)c(Cl)cc(C(=O)c2cc(Cl)c(Cl)c(C)c2Cl)c1Cl. The summed E-state index contributed by atoms with van der Waals surface area (Å²) in [6.07, 6.45) is 0. The molecule has 0 bridgehead atoms. The maximum atomic E-state index is 12.7. The average molecular weight is 417 g/mol. The van der Waals surface area contributed by atoms with E-state index in [1.54, 1.807) is 13.8 Å². The number of halogens is 6. The van der Waals surface area contributed by atoms with Gasteiger partial charge in [0, 0.05) is 11.1 Å². The van der Waals surface area contributed by atoms with Gasteiger partial charge in [-0.05, 0) is 37.1 Å². The van der Waals surface area contributed by atoms with Crippen LogP contribution in [0.1, 0.15) is 27.0 Å². The average Bonchev–Trinajstić information content (AvgIpc) is 2.49. The summed E-state index contributed by atoms with van der Waals surface area (Å²) < 4.78 is 0. The van der Waals surface area contributed by atoms with Crippen LogP contribution in [0.2, 0.25) is 30.1 Å². The van der Waals surface area contributed by atoms with Crippen LogP contribution in [0.4, 0.5) is 0 Å². The number of carbonyl (C=O) groups is 1. The van der Waals surface area contributed by atoms with Gasteiger partial charge >= 0.3 is 0 Å². The number of benzene rings is 2. The molecule has 0 saturated heterocycles. The minimum Gasteiger partial charge on any atom is -0.288 e. The minimum atomic E-state index is -0.404. The third-order valence-corrected chi connectivity index (χ3v) is 5.98. The summed E-state index contributed by atoms with van der Waals surface area (Å²) in [7, 11) is 0. The maximum absolute atomic E-state index is 12.7. The van der Waals surface area contributed by atoms with Gasteiger partial charge in [-0.1, -0.05) is 69.6 Å². The zero-order chi connectivity index (χ0) is 16.8. The summed E-state index contributed by atoms with van der Waals surface area (Å²) in [4.78, 5) is 12.7. The van der Waals surface area contributed by atoms with Gasteiger partial charge < -0.3 is 0 Å². The minimum absolute atomic E-state index is 0.202. The fourth-order valence-corrected chi connectivity index (χ4v) is 3.30. The van der Waals surface area contributed by atoms with Crippen molar-refractivity contribution in [3.63, 3.8) is 0 Å². The van der Waals surface area contributed by atoms with Gasteiger partial charge in [0.2, 0.25) is 0 Å². The molecular weight excluding hydrogens is 409 g/mol. The van der Waals surface area contributed by atoms with Crippen molar-refractivity contribution >= 4 is 75.4 Å². The molecule has 2 rings (SSSR count). The molecule has 0 spiro atoms. The lowest BCUT2D eigenvalue weighted by molar-refractivity contribution is 0.103. The van der Waals surface area contributed by atoms with E-state index in [-0.39, 0.29) is 31.2 Å². The molecule has 1 nitrogen and oxygen atoms in total. The molecule has 0 aliphatic rings. The fraction of sp³-hybridized carbons (Fsp3) is 0.133. The van der Waals surface area contributed by atoms with E-state index in [1.165, 1.54) is 12.1 Å². The largest absolute Gasteiger partial charge is 0.288 e. The summed E-state index contributed by atoms with van der Waals surface area (Å²) in [6.45, 7) is 3.35. The first-order chi connectivity index (χ1) is 10.2. The quantitative estimate of drug-likeness (QED) is 0.367. The van der Waals surface area contributed by atoms with E-state index in [4.69, 9.17) is 69.6 Å². The highest BCUT2D eigenvalue weighted by molar-refractivity contribution is 6.47. The molecule has 0 aliphatic carbocycles. The molecule has 22 heavy (non-hydrogen) atoms. The van der Waals surface area contributed by atoms with E-state index in [9.17, 15) is 4.79 Å². The predicted molar refractivity (Wildman–Crippen MR) is 95.9 cm³/mol. The normalized spacial score (nSPS) is 10.9. The number of hydrogen-bond donors (Lipinski definition) is 0. The predicted octanol–water partition coefficient (Wildman–Crippen LogP) is 7.45. The highest BCUT2D eigenvalue weighted by Crippen LogP contribution is 2.38. The lowest BCUT2D eigenvalue weighted by atomic mass is 9.99. The third kappa shape index (κ3) is 3.08. The van der Waals surface area contributed by atoms with Gasteiger partial charge in [-0.25, -0.2) is 0 Å². The van der Waals surface area contributed by atoms with Gasteiger partial charge in [0.1, 0.15) is 0 Å². The molecule has 0 aliphatic heterocycles. The van der Waals surface area contributed by atoms with Crippen molar-refractivity contribution in [2.75, 3.05) is 0 Å². The molecule has 0 fully saturated rings. The van der Waals surface area contributed by atoms with Crippen molar-refractivity contribution in [1.29, 1.82) is 0 Å². The highest BCUT2D eigenvalue weighted by atomic mass is 35.5. The lowest BCUT2D eigenvalue weighted by Gasteiger charge is -2.13.